The number of carbonyl (C=O) groups excluding carboxylic acids is 1. The third-order valence-corrected chi connectivity index (χ3v) is 5.49. The quantitative estimate of drug-likeness (QED) is 0.860. The second-order valence-corrected chi connectivity index (χ2v) is 7.05. The van der Waals surface area contributed by atoms with E-state index in [1.165, 1.54) is 12.0 Å². The van der Waals surface area contributed by atoms with Crippen LogP contribution in [0.15, 0.2) is 42.9 Å². The Morgan fingerprint density at radius 2 is 2.16 bits per heavy atom. The Balaban J connectivity index is 1.42. The lowest BCUT2D eigenvalue weighted by Crippen LogP contribution is -2.36. The van der Waals surface area contributed by atoms with Crippen LogP contribution in [-0.4, -0.2) is 51.4 Å². The molecule has 0 spiro atoms. The van der Waals surface area contributed by atoms with Crippen LogP contribution in [0.4, 0.5) is 0 Å². The predicted octanol–water partition coefficient (Wildman–Crippen LogP) is 2.39. The van der Waals surface area contributed by atoms with Crippen molar-refractivity contribution in [2.75, 3.05) is 19.6 Å². The topological polar surface area (TPSA) is 49.3 Å². The molecule has 2 saturated heterocycles. The summed E-state index contributed by atoms with van der Waals surface area (Å²) in [5, 5.41) is 0. The highest BCUT2D eigenvalue weighted by atomic mass is 16.2. The largest absolute Gasteiger partial charge is 0.337 e. The van der Waals surface area contributed by atoms with Gasteiger partial charge >= 0.3 is 0 Å². The molecule has 2 atom stereocenters. The molecule has 5 nitrogen and oxygen atoms in total. The Hall–Kier alpha value is -2.27. The summed E-state index contributed by atoms with van der Waals surface area (Å²) in [5.74, 6) is 0.703. The van der Waals surface area contributed by atoms with Crippen molar-refractivity contribution in [1.29, 1.82) is 0 Å². The fourth-order valence-electron chi connectivity index (χ4n) is 4.08. The van der Waals surface area contributed by atoms with Gasteiger partial charge in [-0.05, 0) is 49.1 Å². The summed E-state index contributed by atoms with van der Waals surface area (Å²) in [7, 11) is 0. The van der Waals surface area contributed by atoms with Gasteiger partial charge in [0, 0.05) is 50.0 Å². The molecule has 0 radical (unpaired) electrons. The molecule has 130 valence electrons. The summed E-state index contributed by atoms with van der Waals surface area (Å²) in [6.45, 7) is 5.78. The number of hydrogen-bond acceptors (Lipinski definition) is 4. The zero-order valence-electron chi connectivity index (χ0n) is 14.6. The SMILES string of the molecule is CCc1ccc(C(=O)N2C[C@@H]3CCN(Cc4cccnc4)[C@@H]3C2)cn1. The Morgan fingerprint density at radius 1 is 1.24 bits per heavy atom. The van der Waals surface area contributed by atoms with Crippen LogP contribution in [0.1, 0.15) is 35.0 Å². The first-order valence-corrected chi connectivity index (χ1v) is 9.11. The van der Waals surface area contributed by atoms with Crippen molar-refractivity contribution in [2.45, 2.75) is 32.4 Å². The highest BCUT2D eigenvalue weighted by Gasteiger charge is 2.42. The summed E-state index contributed by atoms with van der Waals surface area (Å²) >= 11 is 0. The van der Waals surface area contributed by atoms with Gasteiger partial charge in [0.05, 0.1) is 5.56 Å². The molecule has 25 heavy (non-hydrogen) atoms. The number of aryl methyl sites for hydroxylation is 1. The highest BCUT2D eigenvalue weighted by molar-refractivity contribution is 5.94. The van der Waals surface area contributed by atoms with E-state index in [0.29, 0.717) is 17.5 Å². The molecule has 5 heteroatoms. The number of pyridine rings is 2. The van der Waals surface area contributed by atoms with Crippen molar-refractivity contribution in [3.8, 4) is 0 Å². The minimum absolute atomic E-state index is 0.117. The number of hydrogen-bond donors (Lipinski definition) is 0. The van der Waals surface area contributed by atoms with E-state index < -0.39 is 0 Å². The van der Waals surface area contributed by atoms with E-state index in [9.17, 15) is 4.79 Å². The number of carbonyl (C=O) groups is 1. The first kappa shape index (κ1) is 16.2. The van der Waals surface area contributed by atoms with E-state index in [-0.39, 0.29) is 5.91 Å². The molecule has 4 heterocycles. The molecule has 2 aromatic heterocycles. The third kappa shape index (κ3) is 3.29. The van der Waals surface area contributed by atoms with E-state index in [0.717, 1.165) is 38.3 Å². The maximum atomic E-state index is 12.8. The fraction of sp³-hybridized carbons (Fsp3) is 0.450. The van der Waals surface area contributed by atoms with E-state index in [4.69, 9.17) is 0 Å². The number of likely N-dealkylation sites (tertiary alicyclic amines) is 2. The van der Waals surface area contributed by atoms with Gasteiger partial charge in [-0.2, -0.15) is 0 Å². The number of nitrogens with zero attached hydrogens (tertiary/aromatic N) is 4. The molecule has 0 unspecified atom stereocenters. The average molecular weight is 336 g/mol. The van der Waals surface area contributed by atoms with Crippen LogP contribution >= 0.6 is 0 Å². The van der Waals surface area contributed by atoms with Crippen molar-refractivity contribution in [1.82, 2.24) is 19.8 Å². The lowest BCUT2D eigenvalue weighted by atomic mass is 10.1. The van der Waals surface area contributed by atoms with E-state index in [1.54, 1.807) is 6.20 Å². The fourth-order valence-corrected chi connectivity index (χ4v) is 4.08. The summed E-state index contributed by atoms with van der Waals surface area (Å²) in [6.07, 6.45) is 7.53. The average Bonchev–Trinajstić information content (AvgIpc) is 3.24. The van der Waals surface area contributed by atoms with Gasteiger partial charge in [0.15, 0.2) is 0 Å². The van der Waals surface area contributed by atoms with Gasteiger partial charge in [-0.1, -0.05) is 13.0 Å². The van der Waals surface area contributed by atoms with Crippen LogP contribution in [0.2, 0.25) is 0 Å². The summed E-state index contributed by atoms with van der Waals surface area (Å²) < 4.78 is 0. The predicted molar refractivity (Wildman–Crippen MR) is 96.1 cm³/mol. The molecular formula is C20H24N4O. The van der Waals surface area contributed by atoms with E-state index >= 15 is 0 Å². The maximum Gasteiger partial charge on any atom is 0.255 e. The van der Waals surface area contributed by atoms with Crippen LogP contribution < -0.4 is 0 Å². The van der Waals surface area contributed by atoms with E-state index in [2.05, 4.69) is 27.9 Å². The summed E-state index contributed by atoms with van der Waals surface area (Å²) in [6, 6.07) is 8.44. The molecule has 0 saturated carbocycles. The minimum atomic E-state index is 0.117. The molecule has 2 aliphatic rings. The van der Waals surface area contributed by atoms with Gasteiger partial charge < -0.3 is 4.90 Å². The molecule has 2 aromatic rings. The van der Waals surface area contributed by atoms with Crippen molar-refractivity contribution in [3.63, 3.8) is 0 Å². The minimum Gasteiger partial charge on any atom is -0.337 e. The Kier molecular flexibility index (Phi) is 4.49. The normalized spacial score (nSPS) is 23.0. The lowest BCUT2D eigenvalue weighted by molar-refractivity contribution is 0.0770. The molecule has 1 amide bonds. The number of rotatable bonds is 4. The second kappa shape index (κ2) is 6.92. The Bertz CT molecular complexity index is 731. The molecule has 4 rings (SSSR count). The van der Waals surface area contributed by atoms with Crippen LogP contribution in [0, 0.1) is 5.92 Å². The van der Waals surface area contributed by atoms with Gasteiger partial charge in [0.2, 0.25) is 0 Å². The van der Waals surface area contributed by atoms with Crippen LogP contribution in [-0.2, 0) is 13.0 Å². The van der Waals surface area contributed by atoms with Crippen molar-refractivity contribution in [2.24, 2.45) is 5.92 Å². The summed E-state index contributed by atoms with van der Waals surface area (Å²) in [5.41, 5.74) is 2.97. The van der Waals surface area contributed by atoms with Crippen LogP contribution in [0.3, 0.4) is 0 Å². The standard InChI is InChI=1S/C20H24N4O/c1-2-18-6-5-16(11-22-18)20(25)24-13-17-7-9-23(19(17)14-24)12-15-4-3-8-21-10-15/h3-6,8,10-11,17,19H,2,7,9,12-14H2,1H3/t17-,19+/m0/s1. The van der Waals surface area contributed by atoms with Crippen LogP contribution in [0.25, 0.3) is 0 Å². The molecule has 0 aliphatic carbocycles. The van der Waals surface area contributed by atoms with Gasteiger partial charge in [0.1, 0.15) is 0 Å². The third-order valence-electron chi connectivity index (χ3n) is 5.49. The molecule has 2 fully saturated rings. The number of amides is 1. The lowest BCUT2D eigenvalue weighted by Gasteiger charge is -2.24. The zero-order valence-corrected chi connectivity index (χ0v) is 14.6. The highest BCUT2D eigenvalue weighted by Crippen LogP contribution is 2.33. The van der Waals surface area contributed by atoms with Crippen LogP contribution in [0.5, 0.6) is 0 Å². The summed E-state index contributed by atoms with van der Waals surface area (Å²) in [4.78, 5) is 25.9. The first-order chi connectivity index (χ1) is 12.2. The molecular weight excluding hydrogens is 312 g/mol. The monoisotopic (exact) mass is 336 g/mol. The first-order valence-electron chi connectivity index (χ1n) is 9.11. The van der Waals surface area contributed by atoms with Crippen molar-refractivity contribution in [3.05, 3.63) is 59.7 Å². The maximum absolute atomic E-state index is 12.8. The Morgan fingerprint density at radius 3 is 2.88 bits per heavy atom. The van der Waals surface area contributed by atoms with Crippen molar-refractivity contribution < 1.29 is 4.79 Å². The zero-order chi connectivity index (χ0) is 17.2. The smallest absolute Gasteiger partial charge is 0.255 e. The molecule has 2 aliphatic heterocycles. The Labute approximate surface area is 148 Å². The molecule has 0 N–H and O–H groups in total. The van der Waals surface area contributed by atoms with Gasteiger partial charge in [0.25, 0.3) is 5.91 Å². The van der Waals surface area contributed by atoms with Gasteiger partial charge in [-0.3, -0.25) is 19.7 Å². The number of fused-ring (bicyclic) bond motifs is 1. The number of aromatic nitrogens is 2. The second-order valence-electron chi connectivity index (χ2n) is 7.05. The van der Waals surface area contributed by atoms with Gasteiger partial charge in [-0.15, -0.1) is 0 Å². The van der Waals surface area contributed by atoms with Gasteiger partial charge in [-0.25, -0.2) is 0 Å². The molecule has 0 bridgehead atoms. The molecule has 0 aromatic carbocycles. The van der Waals surface area contributed by atoms with Crippen molar-refractivity contribution >= 4 is 5.91 Å². The van der Waals surface area contributed by atoms with E-state index in [1.807, 2.05) is 35.5 Å².